The topological polar surface area (TPSA) is 50.3 Å². The minimum Gasteiger partial charge on any atom is -0.378 e. The summed E-state index contributed by atoms with van der Waals surface area (Å²) in [5.74, 6) is 0. The third-order valence-electron chi connectivity index (χ3n) is 3.25. The summed E-state index contributed by atoms with van der Waals surface area (Å²) in [6.07, 6.45) is 1.11. The SMILES string of the molecule is CCCNc1snnc1CN1CCOCC1(C)C. The maximum absolute atomic E-state index is 5.54. The minimum absolute atomic E-state index is 0.0733. The van der Waals surface area contributed by atoms with E-state index in [0.717, 1.165) is 50.0 Å². The summed E-state index contributed by atoms with van der Waals surface area (Å²) in [4.78, 5) is 2.42. The standard InChI is InChI=1S/C12H22N4OS/c1-4-5-13-11-10(14-15-18-11)8-16-6-7-17-9-12(16,2)3/h13H,4-9H2,1-3H3. The number of rotatable bonds is 5. The van der Waals surface area contributed by atoms with Crippen LogP contribution in [0.1, 0.15) is 32.9 Å². The van der Waals surface area contributed by atoms with Gasteiger partial charge in [-0.1, -0.05) is 11.4 Å². The molecule has 0 radical (unpaired) electrons. The van der Waals surface area contributed by atoms with Gasteiger partial charge < -0.3 is 10.1 Å². The quantitative estimate of drug-likeness (QED) is 0.886. The van der Waals surface area contributed by atoms with Crippen molar-refractivity contribution in [3.63, 3.8) is 0 Å². The maximum atomic E-state index is 5.54. The highest BCUT2D eigenvalue weighted by atomic mass is 32.1. The first-order chi connectivity index (χ1) is 8.63. The van der Waals surface area contributed by atoms with Crippen molar-refractivity contribution in [2.45, 2.75) is 39.3 Å². The van der Waals surface area contributed by atoms with Crippen molar-refractivity contribution in [3.05, 3.63) is 5.69 Å². The molecule has 1 aliphatic rings. The van der Waals surface area contributed by atoms with E-state index in [4.69, 9.17) is 4.74 Å². The van der Waals surface area contributed by atoms with Gasteiger partial charge in [-0.25, -0.2) is 0 Å². The second-order valence-corrected chi connectivity index (χ2v) is 6.02. The van der Waals surface area contributed by atoms with Crippen molar-refractivity contribution in [3.8, 4) is 0 Å². The van der Waals surface area contributed by atoms with Gasteiger partial charge in [-0.05, 0) is 20.3 Å². The fourth-order valence-corrected chi connectivity index (χ4v) is 2.65. The van der Waals surface area contributed by atoms with Crippen LogP contribution in [0.2, 0.25) is 0 Å². The summed E-state index contributed by atoms with van der Waals surface area (Å²) in [7, 11) is 0. The molecule has 0 aromatic carbocycles. The van der Waals surface area contributed by atoms with Crippen LogP contribution in [0.4, 0.5) is 5.00 Å². The van der Waals surface area contributed by atoms with Crippen LogP contribution in [0, 0.1) is 0 Å². The molecule has 0 spiro atoms. The number of hydrogen-bond donors (Lipinski definition) is 1. The van der Waals surface area contributed by atoms with E-state index in [-0.39, 0.29) is 5.54 Å². The fraction of sp³-hybridized carbons (Fsp3) is 0.833. The second-order valence-electron chi connectivity index (χ2n) is 5.26. The minimum atomic E-state index is 0.0733. The molecule has 1 aliphatic heterocycles. The van der Waals surface area contributed by atoms with E-state index < -0.39 is 0 Å². The zero-order chi connectivity index (χ0) is 13.0. The van der Waals surface area contributed by atoms with Gasteiger partial charge in [0.15, 0.2) is 0 Å². The summed E-state index contributed by atoms with van der Waals surface area (Å²) < 4.78 is 9.60. The summed E-state index contributed by atoms with van der Waals surface area (Å²) in [6.45, 7) is 10.9. The van der Waals surface area contributed by atoms with Crippen LogP contribution < -0.4 is 5.32 Å². The van der Waals surface area contributed by atoms with Crippen LogP contribution in [-0.2, 0) is 11.3 Å². The molecule has 0 atom stereocenters. The molecule has 0 amide bonds. The van der Waals surface area contributed by atoms with E-state index in [2.05, 4.69) is 40.6 Å². The number of aromatic nitrogens is 2. The lowest BCUT2D eigenvalue weighted by Gasteiger charge is -2.41. The Balaban J connectivity index is 2.01. The van der Waals surface area contributed by atoms with Gasteiger partial charge in [0.25, 0.3) is 0 Å². The average Bonchev–Trinajstić information content (AvgIpc) is 2.76. The molecule has 2 heterocycles. The third-order valence-corrected chi connectivity index (χ3v) is 3.97. The Morgan fingerprint density at radius 2 is 2.33 bits per heavy atom. The van der Waals surface area contributed by atoms with Gasteiger partial charge in [0.2, 0.25) is 0 Å². The molecule has 1 aromatic rings. The Morgan fingerprint density at radius 3 is 3.06 bits per heavy atom. The molecule has 0 unspecified atom stereocenters. The molecule has 0 aliphatic carbocycles. The highest BCUT2D eigenvalue weighted by Gasteiger charge is 2.31. The Kier molecular flexibility index (Phi) is 4.53. The van der Waals surface area contributed by atoms with Crippen LogP contribution in [0.3, 0.4) is 0 Å². The van der Waals surface area contributed by atoms with Crippen molar-refractivity contribution in [2.24, 2.45) is 0 Å². The van der Waals surface area contributed by atoms with Gasteiger partial charge in [0.1, 0.15) is 10.7 Å². The Bertz CT molecular complexity index is 380. The molecule has 5 nitrogen and oxygen atoms in total. The van der Waals surface area contributed by atoms with Crippen molar-refractivity contribution < 1.29 is 4.74 Å². The van der Waals surface area contributed by atoms with Crippen molar-refractivity contribution >= 4 is 16.5 Å². The summed E-state index contributed by atoms with van der Waals surface area (Å²) in [6, 6.07) is 0. The number of morpholine rings is 1. The smallest absolute Gasteiger partial charge is 0.134 e. The third kappa shape index (κ3) is 3.18. The molecule has 102 valence electrons. The Morgan fingerprint density at radius 1 is 1.50 bits per heavy atom. The van der Waals surface area contributed by atoms with Crippen LogP contribution in [0.15, 0.2) is 0 Å². The van der Waals surface area contributed by atoms with E-state index >= 15 is 0 Å². The molecule has 1 aromatic heterocycles. The molecule has 1 fully saturated rings. The molecule has 1 N–H and O–H groups in total. The van der Waals surface area contributed by atoms with Crippen LogP contribution in [0.5, 0.6) is 0 Å². The van der Waals surface area contributed by atoms with E-state index in [0.29, 0.717) is 0 Å². The lowest BCUT2D eigenvalue weighted by atomic mass is 10.0. The maximum Gasteiger partial charge on any atom is 0.134 e. The first-order valence-corrected chi connectivity index (χ1v) is 7.28. The highest BCUT2D eigenvalue weighted by Crippen LogP contribution is 2.25. The summed E-state index contributed by atoms with van der Waals surface area (Å²) >= 11 is 1.45. The van der Waals surface area contributed by atoms with Gasteiger partial charge in [0.05, 0.1) is 13.2 Å². The van der Waals surface area contributed by atoms with Crippen molar-refractivity contribution in [2.75, 3.05) is 31.6 Å². The second kappa shape index (κ2) is 5.95. The molecule has 2 rings (SSSR count). The molecule has 0 saturated carbocycles. The van der Waals surface area contributed by atoms with E-state index in [9.17, 15) is 0 Å². The predicted octanol–water partition coefficient (Wildman–Crippen LogP) is 1.97. The first-order valence-electron chi connectivity index (χ1n) is 6.51. The van der Waals surface area contributed by atoms with E-state index in [1.54, 1.807) is 0 Å². The normalized spacial score (nSPS) is 19.9. The number of ether oxygens (including phenoxy) is 1. The molecular weight excluding hydrogens is 248 g/mol. The van der Waals surface area contributed by atoms with Gasteiger partial charge in [-0.15, -0.1) is 5.10 Å². The number of anilines is 1. The largest absolute Gasteiger partial charge is 0.378 e. The lowest BCUT2D eigenvalue weighted by Crippen LogP contribution is -2.52. The number of nitrogens with zero attached hydrogens (tertiary/aromatic N) is 3. The predicted molar refractivity (Wildman–Crippen MR) is 74.0 cm³/mol. The van der Waals surface area contributed by atoms with Gasteiger partial charge in [-0.2, -0.15) is 0 Å². The number of hydrogen-bond acceptors (Lipinski definition) is 6. The molecular formula is C12H22N4OS. The zero-order valence-corrected chi connectivity index (χ0v) is 12.2. The highest BCUT2D eigenvalue weighted by molar-refractivity contribution is 7.10. The molecule has 18 heavy (non-hydrogen) atoms. The van der Waals surface area contributed by atoms with Crippen LogP contribution in [0.25, 0.3) is 0 Å². The Labute approximate surface area is 113 Å². The molecule has 6 heteroatoms. The first kappa shape index (κ1) is 13.7. The van der Waals surface area contributed by atoms with Crippen LogP contribution in [-0.4, -0.2) is 46.3 Å². The summed E-state index contributed by atoms with van der Waals surface area (Å²) in [5, 5.41) is 8.76. The van der Waals surface area contributed by atoms with Crippen molar-refractivity contribution in [1.82, 2.24) is 14.5 Å². The average molecular weight is 270 g/mol. The van der Waals surface area contributed by atoms with Crippen molar-refractivity contribution in [1.29, 1.82) is 0 Å². The lowest BCUT2D eigenvalue weighted by molar-refractivity contribution is -0.0557. The fourth-order valence-electron chi connectivity index (χ4n) is 2.05. The van der Waals surface area contributed by atoms with E-state index in [1.165, 1.54) is 11.5 Å². The van der Waals surface area contributed by atoms with Gasteiger partial charge >= 0.3 is 0 Å². The number of nitrogens with one attached hydrogen (secondary N) is 1. The van der Waals surface area contributed by atoms with Gasteiger partial charge in [-0.3, -0.25) is 4.90 Å². The van der Waals surface area contributed by atoms with E-state index in [1.807, 2.05) is 0 Å². The molecule has 0 bridgehead atoms. The van der Waals surface area contributed by atoms with Gasteiger partial charge in [0, 0.05) is 36.7 Å². The Hall–Kier alpha value is -0.720. The summed E-state index contributed by atoms with van der Waals surface area (Å²) in [5.41, 5.74) is 1.13. The van der Waals surface area contributed by atoms with Crippen LogP contribution >= 0.6 is 11.5 Å². The zero-order valence-electron chi connectivity index (χ0n) is 11.4. The molecule has 1 saturated heterocycles. The monoisotopic (exact) mass is 270 g/mol.